The minimum absolute atomic E-state index is 0.0391. The summed E-state index contributed by atoms with van der Waals surface area (Å²) in [6.45, 7) is 13.3. The summed E-state index contributed by atoms with van der Waals surface area (Å²) in [7, 11) is -2.62. The summed E-state index contributed by atoms with van der Waals surface area (Å²) in [5, 5.41) is 30.9. The third-order valence-electron chi connectivity index (χ3n) is 10.8. The first kappa shape index (κ1) is 43.8. The lowest BCUT2D eigenvalue weighted by atomic mass is 9.72. The lowest BCUT2D eigenvalue weighted by Gasteiger charge is -2.47. The molecule has 1 heterocycles. The molecule has 1 unspecified atom stereocenters. The maximum Gasteiger partial charge on any atom is 0.342 e. The predicted octanol–water partition coefficient (Wildman–Crippen LogP) is 6.31. The summed E-state index contributed by atoms with van der Waals surface area (Å²) in [6.07, 6.45) is 3.88. The van der Waals surface area contributed by atoms with Crippen LogP contribution in [-0.2, 0) is 18.9 Å². The molecule has 1 aliphatic carbocycles. The minimum Gasteiger partial charge on any atom is -0.480 e. The number of amides is 2. The van der Waals surface area contributed by atoms with Crippen LogP contribution in [0, 0.1) is 24.7 Å². The molecule has 4 rings (SSSR count). The second-order valence-electron chi connectivity index (χ2n) is 16.4. The number of hydrogen-bond donors (Lipinski definition) is 5. The molecule has 1 saturated heterocycles. The van der Waals surface area contributed by atoms with E-state index in [-0.39, 0.29) is 29.8 Å². The lowest BCUT2D eigenvalue weighted by Crippen LogP contribution is -2.60. The molecule has 1 saturated carbocycles. The second-order valence-corrected chi connectivity index (χ2v) is 19.5. The molecule has 0 radical (unpaired) electrons. The number of fused-ring (bicyclic) bond motifs is 1. The number of ether oxygens (including phenoxy) is 1. The van der Waals surface area contributed by atoms with E-state index < -0.39 is 54.9 Å². The molecule has 54 heavy (non-hydrogen) atoms. The van der Waals surface area contributed by atoms with Crippen LogP contribution in [0.2, 0.25) is 0 Å². The van der Waals surface area contributed by atoms with Gasteiger partial charge in [-0.15, -0.1) is 11.8 Å². The Morgan fingerprint density at radius 3 is 2.30 bits per heavy atom. The van der Waals surface area contributed by atoms with Crippen molar-refractivity contribution < 1.29 is 38.4 Å². The topological polar surface area (TPSA) is 167 Å². The predicted molar refractivity (Wildman–Crippen MR) is 213 cm³/mol. The highest BCUT2D eigenvalue weighted by Crippen LogP contribution is 2.47. The largest absolute Gasteiger partial charge is 0.480 e. The average Bonchev–Trinajstić information content (AvgIpc) is 3.10. The van der Waals surface area contributed by atoms with Gasteiger partial charge in [-0.25, -0.2) is 5.09 Å². The Balaban J connectivity index is 1.59. The van der Waals surface area contributed by atoms with Crippen molar-refractivity contribution >= 4 is 37.1 Å². The molecule has 2 aliphatic rings. The molecule has 12 nitrogen and oxygen atoms in total. The van der Waals surface area contributed by atoms with Crippen molar-refractivity contribution in [3.8, 4) is 5.75 Å². The van der Waals surface area contributed by atoms with Gasteiger partial charge in [-0.05, 0) is 89.5 Å². The molecule has 5 N–H and O–H groups in total. The van der Waals surface area contributed by atoms with E-state index in [0.717, 1.165) is 24.2 Å². The molecule has 14 heteroatoms. The molecule has 1 aliphatic heterocycles. The number of carboxylic acids is 1. The van der Waals surface area contributed by atoms with Crippen molar-refractivity contribution in [3.63, 3.8) is 0 Å². The maximum atomic E-state index is 14.1. The van der Waals surface area contributed by atoms with E-state index in [9.17, 15) is 29.2 Å². The van der Waals surface area contributed by atoms with E-state index in [4.69, 9.17) is 9.26 Å². The maximum absolute atomic E-state index is 14.1. The molecule has 0 spiro atoms. The first-order valence-electron chi connectivity index (χ1n) is 19.0. The van der Waals surface area contributed by atoms with Crippen LogP contribution in [0.3, 0.4) is 0 Å². The number of benzene rings is 2. The molecule has 0 bridgehead atoms. The number of thioether (sulfide) groups is 1. The zero-order valence-corrected chi connectivity index (χ0v) is 34.8. The second kappa shape index (κ2) is 18.8. The molecule has 0 aromatic heterocycles. The number of aliphatic hydroxyl groups excluding tert-OH is 1. The van der Waals surface area contributed by atoms with E-state index in [0.29, 0.717) is 29.7 Å². The standard InChI is InChI=1S/C40H61N4O8PS/c1-26(2)40(7,38(48)49)43-53(50,25-51-8)52-35-20-14-19-31(27(35)3)36(46)41-32(24-54-30-17-10-9-11-18-30)34(45)23-44-22-29-16-13-12-15-28(29)21-33(44)37(47)42-39(4,5)6/h9-11,14,17-20,26,28-29,32-34,45H,12-13,15-16,21-25H2,1-8H3,(H,41,46)(H,42,47)(H,43,50)(H,48,49)/t28-,29+,32-,33-,34+,40-,53?/m0/s1. The SMILES string of the molecule is COCP(=O)(N[C@](C)(C(=O)O)C(C)C)Oc1cccc(C(=O)N[C@@H](CSc2ccccc2)[C@H](O)CN2C[C@H]3CCCC[C@H]3C[C@H]2C(=O)NC(C)(C)C)c1C. The van der Waals surface area contributed by atoms with Gasteiger partial charge in [-0.3, -0.25) is 23.8 Å². The quantitative estimate of drug-likeness (QED) is 0.0902. The van der Waals surface area contributed by atoms with Crippen LogP contribution < -0.4 is 20.2 Å². The highest BCUT2D eigenvalue weighted by molar-refractivity contribution is 7.99. The van der Waals surface area contributed by atoms with Gasteiger partial charge < -0.3 is 30.1 Å². The fourth-order valence-electron chi connectivity index (χ4n) is 7.34. The zero-order chi connectivity index (χ0) is 39.8. The first-order chi connectivity index (χ1) is 25.4. The van der Waals surface area contributed by atoms with Gasteiger partial charge in [0, 0.05) is 47.5 Å². The molecule has 2 amide bonds. The third-order valence-corrected chi connectivity index (χ3v) is 13.8. The van der Waals surface area contributed by atoms with Crippen molar-refractivity contribution in [3.05, 3.63) is 59.7 Å². The number of carbonyl (C=O) groups is 3. The first-order valence-corrected chi connectivity index (χ1v) is 21.8. The third kappa shape index (κ3) is 11.6. The normalized spacial score (nSPS) is 22.6. The summed E-state index contributed by atoms with van der Waals surface area (Å²) in [5.41, 5.74) is -1.36. The number of hydrogen-bond acceptors (Lipinski definition) is 9. The smallest absolute Gasteiger partial charge is 0.342 e. The van der Waals surface area contributed by atoms with Gasteiger partial charge in [-0.1, -0.05) is 57.4 Å². The number of aliphatic hydroxyl groups is 1. The number of carbonyl (C=O) groups excluding carboxylic acids is 2. The number of likely N-dealkylation sites (tertiary alicyclic amines) is 1. The summed E-state index contributed by atoms with van der Waals surface area (Å²) in [5.74, 6) is -0.715. The number of β-amino-alcohol motifs (C(OH)–C–C–N with tert-alkyl or cyclic N) is 1. The molecule has 2 aromatic rings. The lowest BCUT2D eigenvalue weighted by molar-refractivity contribution is -0.145. The van der Waals surface area contributed by atoms with E-state index >= 15 is 0 Å². The number of nitrogens with zero attached hydrogens (tertiary/aromatic N) is 1. The van der Waals surface area contributed by atoms with Crippen LogP contribution in [0.4, 0.5) is 0 Å². The zero-order valence-electron chi connectivity index (χ0n) is 33.1. The Bertz CT molecular complexity index is 1640. The Morgan fingerprint density at radius 1 is 1.02 bits per heavy atom. The molecule has 2 aromatic carbocycles. The van der Waals surface area contributed by atoms with Crippen LogP contribution in [-0.4, -0.2) is 94.5 Å². The van der Waals surface area contributed by atoms with Crippen molar-refractivity contribution in [2.45, 2.75) is 115 Å². The van der Waals surface area contributed by atoms with Crippen LogP contribution >= 0.6 is 19.3 Å². The Hall–Kier alpha value is -2.93. The van der Waals surface area contributed by atoms with Gasteiger partial charge in [0.05, 0.1) is 18.2 Å². The number of aliphatic carboxylic acids is 1. The Kier molecular flexibility index (Phi) is 15.3. The van der Waals surface area contributed by atoms with E-state index in [1.807, 2.05) is 51.1 Å². The summed E-state index contributed by atoms with van der Waals surface area (Å²) in [4.78, 5) is 43.1. The number of piperidine rings is 1. The number of nitrogens with one attached hydrogen (secondary N) is 3. The minimum atomic E-state index is -3.96. The van der Waals surface area contributed by atoms with Gasteiger partial charge >= 0.3 is 13.5 Å². The van der Waals surface area contributed by atoms with Gasteiger partial charge in [0.1, 0.15) is 17.6 Å². The number of rotatable bonds is 17. The van der Waals surface area contributed by atoms with Gasteiger partial charge in [0.2, 0.25) is 5.91 Å². The molecule has 300 valence electrons. The number of methoxy groups -OCH3 is 1. The van der Waals surface area contributed by atoms with Crippen molar-refractivity contribution in [1.29, 1.82) is 0 Å². The van der Waals surface area contributed by atoms with Crippen LogP contribution in [0.1, 0.15) is 89.6 Å². The van der Waals surface area contributed by atoms with Crippen molar-refractivity contribution in [2.24, 2.45) is 17.8 Å². The van der Waals surface area contributed by atoms with E-state index in [2.05, 4.69) is 20.6 Å². The van der Waals surface area contributed by atoms with E-state index in [1.165, 1.54) is 38.6 Å². The van der Waals surface area contributed by atoms with Crippen LogP contribution in [0.25, 0.3) is 0 Å². The molecular weight excluding hydrogens is 728 g/mol. The Morgan fingerprint density at radius 2 is 1.69 bits per heavy atom. The van der Waals surface area contributed by atoms with Gasteiger partial charge in [0.25, 0.3) is 5.91 Å². The van der Waals surface area contributed by atoms with Crippen molar-refractivity contribution in [2.75, 3.05) is 32.3 Å². The number of carboxylic acid groups (broad SMARTS) is 1. The monoisotopic (exact) mass is 788 g/mol. The van der Waals surface area contributed by atoms with Gasteiger partial charge in [-0.2, -0.15) is 0 Å². The fraction of sp³-hybridized carbons (Fsp3) is 0.625. The summed E-state index contributed by atoms with van der Waals surface area (Å²) >= 11 is 1.52. The van der Waals surface area contributed by atoms with Crippen molar-refractivity contribution in [1.82, 2.24) is 20.6 Å². The molecule has 2 fully saturated rings. The average molecular weight is 789 g/mol. The van der Waals surface area contributed by atoms with Crippen LogP contribution in [0.15, 0.2) is 53.4 Å². The summed E-state index contributed by atoms with van der Waals surface area (Å²) < 4.78 is 25.3. The van der Waals surface area contributed by atoms with E-state index in [1.54, 1.807) is 39.0 Å². The highest BCUT2D eigenvalue weighted by atomic mass is 32.2. The summed E-state index contributed by atoms with van der Waals surface area (Å²) in [6, 6.07) is 13.5. The molecule has 7 atom stereocenters. The fourth-order valence-corrected chi connectivity index (χ4v) is 10.4. The highest BCUT2D eigenvalue weighted by Gasteiger charge is 2.45. The Labute approximate surface area is 325 Å². The van der Waals surface area contributed by atoms with Gasteiger partial charge in [0.15, 0.2) is 0 Å². The molecular formula is C40H61N4O8PS. The van der Waals surface area contributed by atoms with Crippen LogP contribution in [0.5, 0.6) is 5.75 Å².